The number of carboxylic acids is 1. The van der Waals surface area contributed by atoms with Crippen LogP contribution < -0.4 is 5.32 Å². The Labute approximate surface area is 138 Å². The molecule has 0 aliphatic heterocycles. The van der Waals surface area contributed by atoms with Gasteiger partial charge < -0.3 is 10.4 Å². The van der Waals surface area contributed by atoms with Crippen molar-refractivity contribution >= 4 is 17.7 Å². The van der Waals surface area contributed by atoms with Crippen molar-refractivity contribution in [3.63, 3.8) is 0 Å². The van der Waals surface area contributed by atoms with Gasteiger partial charge in [-0.2, -0.15) is 0 Å². The molecule has 1 aromatic carbocycles. The first kappa shape index (κ1) is 19.0. The first-order chi connectivity index (χ1) is 10.1. The third-order valence-corrected chi connectivity index (χ3v) is 4.78. The van der Waals surface area contributed by atoms with Crippen molar-refractivity contribution in [2.75, 3.05) is 6.54 Å². The van der Waals surface area contributed by atoms with Gasteiger partial charge in [0.05, 0.1) is 0 Å². The minimum absolute atomic E-state index is 0.411. The second-order valence-corrected chi connectivity index (χ2v) is 8.61. The molecule has 0 saturated heterocycles. The molecule has 1 aromatic rings. The minimum atomic E-state index is -0.811. The molecule has 0 bridgehead atoms. The van der Waals surface area contributed by atoms with Gasteiger partial charge in [-0.25, -0.2) is 0 Å². The van der Waals surface area contributed by atoms with Crippen molar-refractivity contribution < 1.29 is 9.90 Å². The van der Waals surface area contributed by atoms with Crippen LogP contribution >= 0.6 is 11.8 Å². The van der Waals surface area contributed by atoms with Crippen molar-refractivity contribution in [2.45, 2.75) is 63.6 Å². The lowest BCUT2D eigenvalue weighted by Gasteiger charge is -2.20. The highest BCUT2D eigenvalue weighted by Crippen LogP contribution is 2.33. The van der Waals surface area contributed by atoms with Gasteiger partial charge in [0.15, 0.2) is 0 Å². The SMILES string of the molecule is Cc1ccc(SC(C)(C)C(=O)O)cc1CC(C)NCC(C)C. The first-order valence-electron chi connectivity index (χ1n) is 7.87. The van der Waals surface area contributed by atoms with Crippen LogP contribution in [0.25, 0.3) is 0 Å². The average molecular weight is 324 g/mol. The van der Waals surface area contributed by atoms with Gasteiger partial charge in [-0.3, -0.25) is 4.79 Å². The minimum Gasteiger partial charge on any atom is -0.480 e. The molecule has 0 aliphatic carbocycles. The predicted molar refractivity (Wildman–Crippen MR) is 94.8 cm³/mol. The number of nitrogens with one attached hydrogen (secondary N) is 1. The second-order valence-electron chi connectivity index (χ2n) is 6.91. The maximum absolute atomic E-state index is 11.3. The van der Waals surface area contributed by atoms with Crippen LogP contribution in [0.3, 0.4) is 0 Å². The number of carbonyl (C=O) groups is 1. The Kier molecular flexibility index (Phi) is 6.95. The van der Waals surface area contributed by atoms with Crippen LogP contribution in [-0.4, -0.2) is 28.4 Å². The number of aryl methyl sites for hydroxylation is 1. The van der Waals surface area contributed by atoms with Crippen LogP contribution in [0.15, 0.2) is 23.1 Å². The standard InChI is InChI=1S/C18H29NO2S/c1-12(2)11-19-14(4)9-15-10-16(8-7-13(15)3)22-18(5,6)17(20)21/h7-8,10,12,14,19H,9,11H2,1-6H3,(H,20,21). The molecule has 0 spiro atoms. The summed E-state index contributed by atoms with van der Waals surface area (Å²) in [5.41, 5.74) is 2.55. The Bertz CT molecular complexity index is 512. The molecule has 0 amide bonds. The zero-order valence-electron chi connectivity index (χ0n) is 14.6. The van der Waals surface area contributed by atoms with E-state index in [0.29, 0.717) is 12.0 Å². The van der Waals surface area contributed by atoms with E-state index >= 15 is 0 Å². The fraction of sp³-hybridized carbons (Fsp3) is 0.611. The summed E-state index contributed by atoms with van der Waals surface area (Å²) < 4.78 is -0.811. The lowest BCUT2D eigenvalue weighted by atomic mass is 10.0. The number of hydrogen-bond acceptors (Lipinski definition) is 3. The number of carboxylic acid groups (broad SMARTS) is 1. The summed E-state index contributed by atoms with van der Waals surface area (Å²) in [5, 5.41) is 12.8. The fourth-order valence-electron chi connectivity index (χ4n) is 2.11. The smallest absolute Gasteiger partial charge is 0.319 e. The van der Waals surface area contributed by atoms with Crippen molar-refractivity contribution in [3.05, 3.63) is 29.3 Å². The van der Waals surface area contributed by atoms with Crippen LogP contribution in [0.4, 0.5) is 0 Å². The van der Waals surface area contributed by atoms with E-state index in [1.807, 2.05) is 6.07 Å². The summed E-state index contributed by atoms with van der Waals surface area (Å²) in [6.07, 6.45) is 0.959. The first-order valence-corrected chi connectivity index (χ1v) is 8.68. The zero-order valence-corrected chi connectivity index (χ0v) is 15.4. The number of aliphatic carboxylic acids is 1. The van der Waals surface area contributed by atoms with Crippen molar-refractivity contribution in [1.82, 2.24) is 5.32 Å². The second kappa shape index (κ2) is 8.02. The fourth-order valence-corrected chi connectivity index (χ4v) is 3.12. The average Bonchev–Trinajstić information content (AvgIpc) is 2.39. The molecule has 0 aliphatic rings. The van der Waals surface area contributed by atoms with E-state index in [1.54, 1.807) is 13.8 Å². The van der Waals surface area contributed by atoms with Gasteiger partial charge in [0.2, 0.25) is 0 Å². The number of hydrogen-bond donors (Lipinski definition) is 2. The largest absolute Gasteiger partial charge is 0.480 e. The summed E-state index contributed by atoms with van der Waals surface area (Å²) in [6.45, 7) is 13.2. The Morgan fingerprint density at radius 3 is 2.50 bits per heavy atom. The highest BCUT2D eigenvalue weighted by Gasteiger charge is 2.28. The summed E-state index contributed by atoms with van der Waals surface area (Å²) in [7, 11) is 0. The van der Waals surface area contributed by atoms with Crippen LogP contribution in [0, 0.1) is 12.8 Å². The summed E-state index contributed by atoms with van der Waals surface area (Å²) in [4.78, 5) is 12.3. The lowest BCUT2D eigenvalue weighted by Crippen LogP contribution is -2.31. The molecule has 1 atom stereocenters. The topological polar surface area (TPSA) is 49.3 Å². The van der Waals surface area contributed by atoms with Gasteiger partial charge in [-0.15, -0.1) is 11.8 Å². The Balaban J connectivity index is 2.80. The quantitative estimate of drug-likeness (QED) is 0.706. The number of rotatable bonds is 8. The molecule has 1 rings (SSSR count). The molecule has 0 saturated carbocycles. The molecular formula is C18H29NO2S. The molecule has 0 radical (unpaired) electrons. The molecule has 4 heteroatoms. The third kappa shape index (κ3) is 6.01. The Morgan fingerprint density at radius 2 is 1.95 bits per heavy atom. The van der Waals surface area contributed by atoms with Gasteiger partial charge in [-0.1, -0.05) is 19.9 Å². The number of thioether (sulfide) groups is 1. The molecule has 0 aromatic heterocycles. The summed E-state index contributed by atoms with van der Waals surface area (Å²) in [5.74, 6) is -0.145. The molecule has 3 nitrogen and oxygen atoms in total. The van der Waals surface area contributed by atoms with Crippen LogP contribution in [0.5, 0.6) is 0 Å². The van der Waals surface area contributed by atoms with Crippen LogP contribution in [-0.2, 0) is 11.2 Å². The monoisotopic (exact) mass is 323 g/mol. The van der Waals surface area contributed by atoms with E-state index in [1.165, 1.54) is 22.9 Å². The van der Waals surface area contributed by atoms with E-state index in [9.17, 15) is 9.90 Å². The maximum atomic E-state index is 11.3. The van der Waals surface area contributed by atoms with Crippen LogP contribution in [0.2, 0.25) is 0 Å². The van der Waals surface area contributed by atoms with Gasteiger partial charge in [0.25, 0.3) is 0 Å². The van der Waals surface area contributed by atoms with E-state index in [-0.39, 0.29) is 0 Å². The molecule has 0 fully saturated rings. The van der Waals surface area contributed by atoms with Gasteiger partial charge in [0, 0.05) is 10.9 Å². The molecule has 22 heavy (non-hydrogen) atoms. The predicted octanol–water partition coefficient (Wildman–Crippen LogP) is 4.13. The summed E-state index contributed by atoms with van der Waals surface area (Å²) >= 11 is 1.40. The van der Waals surface area contributed by atoms with Crippen LogP contribution in [0.1, 0.15) is 45.7 Å². The third-order valence-electron chi connectivity index (χ3n) is 3.61. The van der Waals surface area contributed by atoms with E-state index in [4.69, 9.17) is 0 Å². The lowest BCUT2D eigenvalue weighted by molar-refractivity contribution is -0.138. The zero-order chi connectivity index (χ0) is 16.9. The molecule has 1 unspecified atom stereocenters. The van der Waals surface area contributed by atoms with Crippen molar-refractivity contribution in [1.29, 1.82) is 0 Å². The van der Waals surface area contributed by atoms with Gasteiger partial charge in [0.1, 0.15) is 4.75 Å². The van der Waals surface area contributed by atoms with E-state index in [0.717, 1.165) is 17.9 Å². The van der Waals surface area contributed by atoms with Gasteiger partial charge >= 0.3 is 5.97 Å². The molecular weight excluding hydrogens is 294 g/mol. The van der Waals surface area contributed by atoms with Crippen molar-refractivity contribution in [3.8, 4) is 0 Å². The highest BCUT2D eigenvalue weighted by molar-refractivity contribution is 8.01. The molecule has 0 heterocycles. The Morgan fingerprint density at radius 1 is 1.32 bits per heavy atom. The highest BCUT2D eigenvalue weighted by atomic mass is 32.2. The maximum Gasteiger partial charge on any atom is 0.319 e. The normalized spacial score (nSPS) is 13.4. The van der Waals surface area contributed by atoms with E-state index in [2.05, 4.69) is 45.1 Å². The summed E-state index contributed by atoms with van der Waals surface area (Å²) in [6, 6.07) is 6.65. The Hall–Kier alpha value is -1.00. The van der Waals surface area contributed by atoms with Gasteiger partial charge in [-0.05, 0) is 69.8 Å². The molecule has 2 N–H and O–H groups in total. The number of benzene rings is 1. The molecule has 124 valence electrons. The van der Waals surface area contributed by atoms with Crippen molar-refractivity contribution in [2.24, 2.45) is 5.92 Å². The van der Waals surface area contributed by atoms with E-state index < -0.39 is 10.7 Å².